The normalized spacial score (nSPS) is 13.8. The van der Waals surface area contributed by atoms with Gasteiger partial charge in [-0.3, -0.25) is 4.79 Å². The van der Waals surface area contributed by atoms with Crippen LogP contribution in [0.25, 0.3) is 0 Å². The first-order valence-corrected chi connectivity index (χ1v) is 7.56. The Morgan fingerprint density at radius 1 is 1.50 bits per heavy atom. The monoisotopic (exact) mass is 287 g/mol. The van der Waals surface area contributed by atoms with Gasteiger partial charge < -0.3 is 10.6 Å². The van der Waals surface area contributed by atoms with Gasteiger partial charge >= 0.3 is 0 Å². The van der Waals surface area contributed by atoms with Crippen LogP contribution in [-0.2, 0) is 19.5 Å². The van der Waals surface area contributed by atoms with Crippen LogP contribution >= 0.6 is 11.3 Å². The summed E-state index contributed by atoms with van der Waals surface area (Å²) in [7, 11) is 0. The number of amides is 1. The molecule has 1 aliphatic heterocycles. The van der Waals surface area contributed by atoms with E-state index >= 15 is 0 Å². The maximum atomic E-state index is 12.3. The van der Waals surface area contributed by atoms with E-state index in [2.05, 4.69) is 21.7 Å². The summed E-state index contributed by atoms with van der Waals surface area (Å²) in [6.07, 6.45) is 2.75. The van der Waals surface area contributed by atoms with Crippen molar-refractivity contribution < 1.29 is 4.79 Å². The van der Waals surface area contributed by atoms with Gasteiger partial charge in [-0.2, -0.15) is 0 Å². The predicted octanol–water partition coefficient (Wildman–Crippen LogP) is 2.03. The van der Waals surface area contributed by atoms with Crippen LogP contribution in [0.5, 0.6) is 0 Å². The average molecular weight is 287 g/mol. The van der Waals surface area contributed by atoms with Crippen LogP contribution in [0, 0.1) is 6.92 Å². The molecule has 0 aliphatic carbocycles. The van der Waals surface area contributed by atoms with E-state index in [-0.39, 0.29) is 5.91 Å². The number of rotatable bonds is 3. The quantitative estimate of drug-likeness (QED) is 0.908. The minimum atomic E-state index is -0.00315. The average Bonchev–Trinajstić information content (AvgIpc) is 2.90. The number of aryl methyl sites for hydroxylation is 1. The van der Waals surface area contributed by atoms with E-state index < -0.39 is 0 Å². The summed E-state index contributed by atoms with van der Waals surface area (Å²) in [4.78, 5) is 17.8. The molecule has 0 radical (unpaired) electrons. The first-order chi connectivity index (χ1) is 9.74. The van der Waals surface area contributed by atoms with Gasteiger partial charge in [-0.25, -0.2) is 4.98 Å². The van der Waals surface area contributed by atoms with Gasteiger partial charge in [-0.15, -0.1) is 11.3 Å². The third-order valence-electron chi connectivity index (χ3n) is 3.45. The van der Waals surface area contributed by atoms with Gasteiger partial charge in [0, 0.05) is 23.2 Å². The van der Waals surface area contributed by atoms with Gasteiger partial charge in [0.1, 0.15) is 5.01 Å². The van der Waals surface area contributed by atoms with Crippen molar-refractivity contribution >= 4 is 17.2 Å². The molecule has 2 heterocycles. The van der Waals surface area contributed by atoms with E-state index in [1.165, 1.54) is 11.1 Å². The van der Waals surface area contributed by atoms with Crippen molar-refractivity contribution in [1.29, 1.82) is 0 Å². The summed E-state index contributed by atoms with van der Waals surface area (Å²) in [5, 5.41) is 7.24. The molecule has 0 atom stereocenters. The highest BCUT2D eigenvalue weighted by Crippen LogP contribution is 2.19. The maximum Gasteiger partial charge on any atom is 0.251 e. The second-order valence-corrected chi connectivity index (χ2v) is 6.24. The van der Waals surface area contributed by atoms with Crippen molar-refractivity contribution in [1.82, 2.24) is 15.6 Å². The Hall–Kier alpha value is -1.72. The van der Waals surface area contributed by atoms with Gasteiger partial charge in [0.25, 0.3) is 5.91 Å². The Morgan fingerprint density at radius 3 is 3.20 bits per heavy atom. The van der Waals surface area contributed by atoms with Crippen LogP contribution in [-0.4, -0.2) is 17.4 Å². The minimum absolute atomic E-state index is 0.00315. The summed E-state index contributed by atoms with van der Waals surface area (Å²) in [6, 6.07) is 5.95. The SMILES string of the molecule is Cc1cnc(CNC(=O)c2cccc3c2CCNC3)s1. The lowest BCUT2D eigenvalue weighted by molar-refractivity contribution is 0.0949. The number of nitrogens with one attached hydrogen (secondary N) is 2. The smallest absolute Gasteiger partial charge is 0.251 e. The molecule has 0 unspecified atom stereocenters. The number of benzene rings is 1. The molecule has 5 heteroatoms. The third-order valence-corrected chi connectivity index (χ3v) is 4.37. The lowest BCUT2D eigenvalue weighted by Gasteiger charge is -2.19. The van der Waals surface area contributed by atoms with Crippen molar-refractivity contribution in [3.05, 3.63) is 51.0 Å². The molecule has 1 aromatic heterocycles. The zero-order valence-corrected chi connectivity index (χ0v) is 12.2. The molecule has 0 saturated carbocycles. The van der Waals surface area contributed by atoms with Crippen molar-refractivity contribution in [3.8, 4) is 0 Å². The second kappa shape index (κ2) is 5.73. The zero-order valence-electron chi connectivity index (χ0n) is 11.4. The van der Waals surface area contributed by atoms with E-state index in [1.54, 1.807) is 11.3 Å². The van der Waals surface area contributed by atoms with Gasteiger partial charge in [-0.1, -0.05) is 12.1 Å². The third kappa shape index (κ3) is 2.73. The number of carbonyl (C=O) groups is 1. The first-order valence-electron chi connectivity index (χ1n) is 6.75. The maximum absolute atomic E-state index is 12.3. The van der Waals surface area contributed by atoms with E-state index in [0.717, 1.165) is 35.0 Å². The summed E-state index contributed by atoms with van der Waals surface area (Å²) >= 11 is 1.62. The molecule has 0 spiro atoms. The summed E-state index contributed by atoms with van der Waals surface area (Å²) in [6.45, 7) is 4.30. The molecule has 0 saturated heterocycles. The van der Waals surface area contributed by atoms with E-state index in [1.807, 2.05) is 25.3 Å². The van der Waals surface area contributed by atoms with Gasteiger partial charge in [0.15, 0.2) is 0 Å². The molecule has 1 aliphatic rings. The standard InChI is InChI=1S/C15H17N3OS/c1-10-7-17-14(20-10)9-18-15(19)13-4-2-3-11-8-16-6-5-12(11)13/h2-4,7,16H,5-6,8-9H2,1H3,(H,18,19). The Labute approximate surface area is 122 Å². The molecular formula is C15H17N3OS. The van der Waals surface area contributed by atoms with Gasteiger partial charge in [-0.05, 0) is 37.1 Å². The van der Waals surface area contributed by atoms with Crippen LogP contribution in [0.15, 0.2) is 24.4 Å². The van der Waals surface area contributed by atoms with Crippen LogP contribution in [0.1, 0.15) is 31.4 Å². The molecule has 0 fully saturated rings. The van der Waals surface area contributed by atoms with E-state index in [0.29, 0.717) is 6.54 Å². The fourth-order valence-electron chi connectivity index (χ4n) is 2.48. The lowest BCUT2D eigenvalue weighted by atomic mass is 9.95. The molecule has 2 N–H and O–H groups in total. The minimum Gasteiger partial charge on any atom is -0.346 e. The number of thiazole rings is 1. The molecule has 104 valence electrons. The van der Waals surface area contributed by atoms with Crippen molar-refractivity contribution in [2.24, 2.45) is 0 Å². The van der Waals surface area contributed by atoms with Crippen LogP contribution < -0.4 is 10.6 Å². The topological polar surface area (TPSA) is 54.0 Å². The number of aromatic nitrogens is 1. The van der Waals surface area contributed by atoms with Gasteiger partial charge in [0.2, 0.25) is 0 Å². The van der Waals surface area contributed by atoms with Gasteiger partial charge in [0.05, 0.1) is 6.54 Å². The lowest BCUT2D eigenvalue weighted by Crippen LogP contribution is -2.29. The number of fused-ring (bicyclic) bond motifs is 1. The zero-order chi connectivity index (χ0) is 13.9. The predicted molar refractivity (Wildman–Crippen MR) is 79.9 cm³/mol. The Kier molecular flexibility index (Phi) is 3.80. The fourth-order valence-corrected chi connectivity index (χ4v) is 3.21. The van der Waals surface area contributed by atoms with E-state index in [4.69, 9.17) is 0 Å². The molecular weight excluding hydrogens is 270 g/mol. The second-order valence-electron chi connectivity index (χ2n) is 4.92. The van der Waals surface area contributed by atoms with Crippen LogP contribution in [0.4, 0.5) is 0 Å². The number of carbonyl (C=O) groups excluding carboxylic acids is 1. The van der Waals surface area contributed by atoms with Crippen molar-refractivity contribution in [2.75, 3.05) is 6.54 Å². The Balaban J connectivity index is 1.74. The largest absolute Gasteiger partial charge is 0.346 e. The van der Waals surface area contributed by atoms with Crippen LogP contribution in [0.3, 0.4) is 0 Å². The molecule has 1 aromatic carbocycles. The molecule has 0 bridgehead atoms. The fraction of sp³-hybridized carbons (Fsp3) is 0.333. The molecule has 2 aromatic rings. The number of nitrogens with zero attached hydrogens (tertiary/aromatic N) is 1. The van der Waals surface area contributed by atoms with Crippen LogP contribution in [0.2, 0.25) is 0 Å². The van der Waals surface area contributed by atoms with Crippen molar-refractivity contribution in [2.45, 2.75) is 26.4 Å². The highest BCUT2D eigenvalue weighted by molar-refractivity contribution is 7.11. The summed E-state index contributed by atoms with van der Waals surface area (Å²) in [5.41, 5.74) is 3.21. The molecule has 20 heavy (non-hydrogen) atoms. The van der Waals surface area contributed by atoms with E-state index in [9.17, 15) is 4.79 Å². The number of hydrogen-bond acceptors (Lipinski definition) is 4. The molecule has 3 rings (SSSR count). The Bertz CT molecular complexity index is 636. The van der Waals surface area contributed by atoms with Crippen molar-refractivity contribution in [3.63, 3.8) is 0 Å². The first kappa shape index (κ1) is 13.3. The highest BCUT2D eigenvalue weighted by atomic mass is 32.1. The highest BCUT2D eigenvalue weighted by Gasteiger charge is 2.17. The summed E-state index contributed by atoms with van der Waals surface area (Å²) < 4.78 is 0. The Morgan fingerprint density at radius 2 is 2.40 bits per heavy atom. The number of hydrogen-bond donors (Lipinski definition) is 2. The molecule has 1 amide bonds. The summed E-state index contributed by atoms with van der Waals surface area (Å²) in [5.74, 6) is -0.00315. The molecule has 4 nitrogen and oxygen atoms in total.